The van der Waals surface area contributed by atoms with Crippen LogP contribution in [0, 0.1) is 17.8 Å². The summed E-state index contributed by atoms with van der Waals surface area (Å²) in [5.74, 6) is -3.11. The maximum Gasteiger partial charge on any atom is 0.307 e. The van der Waals surface area contributed by atoms with Crippen molar-refractivity contribution in [1.82, 2.24) is 0 Å². The lowest BCUT2D eigenvalue weighted by Gasteiger charge is -2.26. The van der Waals surface area contributed by atoms with E-state index in [1.807, 2.05) is 27.7 Å². The Morgan fingerprint density at radius 3 is 1.70 bits per heavy atom. The average Bonchev–Trinajstić information content (AvgIpc) is 2.44. The van der Waals surface area contributed by atoms with Crippen LogP contribution in [0.4, 0.5) is 0 Å². The van der Waals surface area contributed by atoms with Gasteiger partial charge < -0.3 is 14.9 Å². The summed E-state index contributed by atoms with van der Waals surface area (Å²) in [5.41, 5.74) is 0. The normalized spacial score (nSPS) is 18.2. The monoisotopic (exact) mass is 330 g/mol. The van der Waals surface area contributed by atoms with Gasteiger partial charge in [-0.25, -0.2) is 0 Å². The number of hydrogen-bond donors (Lipinski definition) is 2. The molecule has 0 heterocycles. The Hall–Kier alpha value is -1.10. The van der Waals surface area contributed by atoms with Gasteiger partial charge in [-0.15, -0.1) is 0 Å². The molecule has 0 spiro atoms. The molecule has 23 heavy (non-hydrogen) atoms. The Morgan fingerprint density at radius 1 is 0.913 bits per heavy atom. The molecule has 5 heteroatoms. The third kappa shape index (κ3) is 10.3. The Kier molecular flexibility index (Phi) is 10.9. The maximum absolute atomic E-state index is 11.1. The molecule has 2 N–H and O–H groups in total. The van der Waals surface area contributed by atoms with E-state index in [0.29, 0.717) is 24.5 Å². The van der Waals surface area contributed by atoms with Crippen LogP contribution in [0.3, 0.4) is 0 Å². The lowest BCUT2D eigenvalue weighted by molar-refractivity contribution is -0.153. The first-order valence-electron chi connectivity index (χ1n) is 8.76. The SMILES string of the molecule is CC(C)OC(C)C.C[C@@H](C(=O)O)[C@H](CC1CCCCC1)C(=O)O. The van der Waals surface area contributed by atoms with E-state index >= 15 is 0 Å². The highest BCUT2D eigenvalue weighted by Crippen LogP contribution is 2.31. The van der Waals surface area contributed by atoms with Crippen LogP contribution in [0.25, 0.3) is 0 Å². The molecule has 1 rings (SSSR count). The average molecular weight is 330 g/mol. The number of carbonyl (C=O) groups is 2. The van der Waals surface area contributed by atoms with E-state index in [2.05, 4.69) is 0 Å². The van der Waals surface area contributed by atoms with Crippen molar-refractivity contribution >= 4 is 11.9 Å². The van der Waals surface area contributed by atoms with Crippen molar-refractivity contribution in [1.29, 1.82) is 0 Å². The zero-order valence-electron chi connectivity index (χ0n) is 15.2. The predicted molar refractivity (Wildman–Crippen MR) is 90.5 cm³/mol. The minimum absolute atomic E-state index is 0.375. The zero-order chi connectivity index (χ0) is 18.0. The fourth-order valence-corrected chi connectivity index (χ4v) is 3.02. The molecule has 0 unspecified atom stereocenters. The van der Waals surface area contributed by atoms with Crippen molar-refractivity contribution in [2.75, 3.05) is 0 Å². The fraction of sp³-hybridized carbons (Fsp3) is 0.889. The predicted octanol–water partition coefficient (Wildman–Crippen LogP) is 4.20. The number of hydrogen-bond acceptors (Lipinski definition) is 3. The minimum Gasteiger partial charge on any atom is -0.481 e. The van der Waals surface area contributed by atoms with Gasteiger partial charge in [0.15, 0.2) is 0 Å². The van der Waals surface area contributed by atoms with Gasteiger partial charge in [0.05, 0.1) is 24.0 Å². The van der Waals surface area contributed by atoms with Crippen molar-refractivity contribution in [3.8, 4) is 0 Å². The first kappa shape index (κ1) is 21.9. The van der Waals surface area contributed by atoms with E-state index in [0.717, 1.165) is 25.7 Å². The third-order valence-corrected chi connectivity index (χ3v) is 4.17. The van der Waals surface area contributed by atoms with E-state index in [4.69, 9.17) is 14.9 Å². The molecule has 0 bridgehead atoms. The van der Waals surface area contributed by atoms with E-state index in [1.165, 1.54) is 13.3 Å². The second-order valence-electron chi connectivity index (χ2n) is 7.04. The van der Waals surface area contributed by atoms with Crippen molar-refractivity contribution in [2.24, 2.45) is 17.8 Å². The molecule has 0 aromatic heterocycles. The summed E-state index contributed by atoms with van der Waals surface area (Å²) in [4.78, 5) is 21.9. The Balaban J connectivity index is 0.000000585. The van der Waals surface area contributed by atoms with Crippen molar-refractivity contribution in [3.05, 3.63) is 0 Å². The second-order valence-corrected chi connectivity index (χ2v) is 7.04. The summed E-state index contributed by atoms with van der Waals surface area (Å²) >= 11 is 0. The smallest absolute Gasteiger partial charge is 0.307 e. The number of ether oxygens (including phenoxy) is 1. The highest BCUT2D eigenvalue weighted by Gasteiger charge is 2.32. The molecule has 0 aromatic carbocycles. The summed E-state index contributed by atoms with van der Waals surface area (Å²) in [6.45, 7) is 9.66. The summed E-state index contributed by atoms with van der Waals surface area (Å²) in [6, 6.07) is 0. The van der Waals surface area contributed by atoms with Gasteiger partial charge in [-0.05, 0) is 40.0 Å². The van der Waals surface area contributed by atoms with E-state index in [1.54, 1.807) is 0 Å². The van der Waals surface area contributed by atoms with Crippen LogP contribution in [0.2, 0.25) is 0 Å². The van der Waals surface area contributed by atoms with Crippen LogP contribution in [-0.2, 0) is 14.3 Å². The zero-order valence-corrected chi connectivity index (χ0v) is 15.2. The molecule has 1 fully saturated rings. The van der Waals surface area contributed by atoms with E-state index < -0.39 is 23.8 Å². The fourth-order valence-electron chi connectivity index (χ4n) is 3.02. The van der Waals surface area contributed by atoms with Gasteiger partial charge >= 0.3 is 11.9 Å². The first-order chi connectivity index (χ1) is 10.6. The standard InChI is InChI=1S/C12H20O4.C6H14O/c1-8(11(13)14)10(12(15)16)7-9-5-3-2-4-6-9;1-5(2)7-6(3)4/h8-10H,2-7H2,1H3,(H,13,14)(H,15,16);5-6H,1-4H3/t8-,10+;/m1./s1. The number of carboxylic acids is 2. The van der Waals surface area contributed by atoms with Crippen molar-refractivity contribution < 1.29 is 24.5 Å². The van der Waals surface area contributed by atoms with Crippen molar-refractivity contribution in [2.45, 2.75) is 85.4 Å². The molecule has 0 saturated heterocycles. The van der Waals surface area contributed by atoms with Gasteiger partial charge in [0.25, 0.3) is 0 Å². The van der Waals surface area contributed by atoms with E-state index in [-0.39, 0.29) is 0 Å². The molecule has 2 atom stereocenters. The Morgan fingerprint density at radius 2 is 1.39 bits per heavy atom. The van der Waals surface area contributed by atoms with Gasteiger partial charge in [0, 0.05) is 0 Å². The molecule has 0 radical (unpaired) electrons. The quantitative estimate of drug-likeness (QED) is 0.731. The Bertz CT molecular complexity index is 339. The molecular weight excluding hydrogens is 296 g/mol. The molecule has 0 aliphatic heterocycles. The minimum atomic E-state index is -1.01. The summed E-state index contributed by atoms with van der Waals surface area (Å²) < 4.78 is 5.25. The van der Waals surface area contributed by atoms with Crippen molar-refractivity contribution in [3.63, 3.8) is 0 Å². The van der Waals surface area contributed by atoms with Crippen LogP contribution in [0.15, 0.2) is 0 Å². The van der Waals surface area contributed by atoms with Crippen LogP contribution >= 0.6 is 0 Å². The lowest BCUT2D eigenvalue weighted by Crippen LogP contribution is -2.30. The van der Waals surface area contributed by atoms with Gasteiger partial charge in [-0.1, -0.05) is 39.0 Å². The van der Waals surface area contributed by atoms with Crippen LogP contribution in [0.1, 0.15) is 73.1 Å². The largest absolute Gasteiger partial charge is 0.481 e. The maximum atomic E-state index is 11.1. The molecule has 136 valence electrons. The topological polar surface area (TPSA) is 83.8 Å². The van der Waals surface area contributed by atoms with Gasteiger partial charge in [-0.2, -0.15) is 0 Å². The van der Waals surface area contributed by atoms with Gasteiger partial charge in [0.2, 0.25) is 0 Å². The molecule has 1 aliphatic carbocycles. The van der Waals surface area contributed by atoms with Gasteiger partial charge in [-0.3, -0.25) is 9.59 Å². The highest BCUT2D eigenvalue weighted by molar-refractivity contribution is 5.79. The lowest BCUT2D eigenvalue weighted by atomic mass is 9.79. The molecule has 0 amide bonds. The first-order valence-corrected chi connectivity index (χ1v) is 8.76. The number of carboxylic acid groups (broad SMARTS) is 2. The summed E-state index contributed by atoms with van der Waals surface area (Å²) in [7, 11) is 0. The summed E-state index contributed by atoms with van der Waals surface area (Å²) in [6.07, 6.45) is 6.90. The van der Waals surface area contributed by atoms with Crippen LogP contribution < -0.4 is 0 Å². The molecule has 5 nitrogen and oxygen atoms in total. The van der Waals surface area contributed by atoms with Crippen LogP contribution in [-0.4, -0.2) is 34.4 Å². The molecule has 1 aliphatic rings. The molecule has 1 saturated carbocycles. The van der Waals surface area contributed by atoms with Crippen LogP contribution in [0.5, 0.6) is 0 Å². The molecule has 0 aromatic rings. The second kappa shape index (κ2) is 11.4. The number of aliphatic carboxylic acids is 2. The molecular formula is C18H34O5. The highest BCUT2D eigenvalue weighted by atomic mass is 16.5. The van der Waals surface area contributed by atoms with Gasteiger partial charge in [0.1, 0.15) is 0 Å². The Labute approximate surface area is 140 Å². The van der Waals surface area contributed by atoms with E-state index in [9.17, 15) is 9.59 Å². The third-order valence-electron chi connectivity index (χ3n) is 4.17. The number of rotatable bonds is 7. The summed E-state index contributed by atoms with van der Waals surface area (Å²) in [5, 5.41) is 17.9.